The van der Waals surface area contributed by atoms with Crippen molar-refractivity contribution in [2.45, 2.75) is 12.2 Å². The maximum Gasteiger partial charge on any atom is 0.281 e. The Balaban J connectivity index is 1.56. The quantitative estimate of drug-likeness (QED) is 0.141. The lowest BCUT2D eigenvalue weighted by molar-refractivity contribution is -0.136. The minimum atomic E-state index is -1.95. The molecule has 0 spiro atoms. The van der Waals surface area contributed by atoms with Crippen molar-refractivity contribution in [3.05, 3.63) is 126 Å². The molecule has 0 aliphatic rings. The highest BCUT2D eigenvalue weighted by Gasteiger charge is 2.39. The van der Waals surface area contributed by atoms with Crippen LogP contribution in [0.3, 0.4) is 0 Å². The summed E-state index contributed by atoms with van der Waals surface area (Å²) in [6.07, 6.45) is 1.44. The third-order valence-corrected chi connectivity index (χ3v) is 8.71. The van der Waals surface area contributed by atoms with E-state index in [4.69, 9.17) is 32.7 Å². The van der Waals surface area contributed by atoms with E-state index in [0.717, 1.165) is 5.56 Å². The molecular formula is C29H22Br2Cl2N2O4. The van der Waals surface area contributed by atoms with Crippen molar-refractivity contribution >= 4 is 67.2 Å². The maximum atomic E-state index is 13.3. The monoisotopic (exact) mass is 690 g/mol. The number of hydrogen-bond acceptors (Lipinski definition) is 5. The van der Waals surface area contributed by atoms with Crippen LogP contribution in [0.4, 0.5) is 0 Å². The summed E-state index contributed by atoms with van der Waals surface area (Å²) >= 11 is 19.2. The number of aliphatic hydroxyl groups is 1. The molecule has 0 saturated heterocycles. The molecule has 200 valence electrons. The molecule has 10 heteroatoms. The van der Waals surface area contributed by atoms with Crippen LogP contribution < -0.4 is 14.9 Å². The van der Waals surface area contributed by atoms with Crippen molar-refractivity contribution in [2.24, 2.45) is 5.10 Å². The van der Waals surface area contributed by atoms with Crippen LogP contribution in [-0.2, 0) is 17.0 Å². The van der Waals surface area contributed by atoms with Gasteiger partial charge in [0.2, 0.25) is 0 Å². The van der Waals surface area contributed by atoms with Gasteiger partial charge in [-0.25, -0.2) is 5.43 Å². The van der Waals surface area contributed by atoms with Crippen molar-refractivity contribution in [2.75, 3.05) is 7.11 Å². The molecule has 4 rings (SSSR count). The third kappa shape index (κ3) is 6.48. The van der Waals surface area contributed by atoms with Gasteiger partial charge in [-0.05, 0) is 66.7 Å². The first-order valence-electron chi connectivity index (χ1n) is 11.5. The molecule has 0 bridgehead atoms. The number of carbonyl (C=O) groups excluding carboxylic acids is 1. The third-order valence-electron chi connectivity index (χ3n) is 5.82. The average molecular weight is 693 g/mol. The Labute approximate surface area is 252 Å². The number of benzene rings is 4. The van der Waals surface area contributed by atoms with Gasteiger partial charge in [0, 0.05) is 10.0 Å². The zero-order valence-electron chi connectivity index (χ0n) is 20.5. The smallest absolute Gasteiger partial charge is 0.281 e. The van der Waals surface area contributed by atoms with Crippen molar-refractivity contribution in [3.63, 3.8) is 0 Å². The molecule has 0 aliphatic carbocycles. The lowest BCUT2D eigenvalue weighted by Gasteiger charge is -2.27. The number of methoxy groups -OCH3 is 1. The maximum absolute atomic E-state index is 13.3. The SMILES string of the molecule is COc1cc(/C=N\NC(=O)C(O)(c2ccccc2)c2ccccc2)c(Br)c(Br)c1OCc1ccc(Cl)c(Cl)c1. The van der Waals surface area contributed by atoms with E-state index in [1.165, 1.54) is 13.3 Å². The molecule has 0 unspecified atom stereocenters. The highest BCUT2D eigenvalue weighted by atomic mass is 79.9. The number of ether oxygens (including phenoxy) is 2. The Morgan fingerprint density at radius 2 is 1.56 bits per heavy atom. The van der Waals surface area contributed by atoms with Gasteiger partial charge < -0.3 is 14.6 Å². The molecule has 0 heterocycles. The fourth-order valence-corrected chi connectivity index (χ4v) is 5.05. The zero-order chi connectivity index (χ0) is 28.0. The summed E-state index contributed by atoms with van der Waals surface area (Å²) in [6.45, 7) is 0.222. The Hall–Kier alpha value is -2.88. The van der Waals surface area contributed by atoms with Gasteiger partial charge in [0.15, 0.2) is 17.1 Å². The highest BCUT2D eigenvalue weighted by Crippen LogP contribution is 2.43. The number of carbonyl (C=O) groups is 1. The van der Waals surface area contributed by atoms with Crippen LogP contribution in [0.15, 0.2) is 99.0 Å². The highest BCUT2D eigenvalue weighted by molar-refractivity contribution is 9.13. The number of nitrogens with one attached hydrogen (secondary N) is 1. The second-order valence-corrected chi connectivity index (χ2v) is 10.7. The van der Waals surface area contributed by atoms with E-state index in [9.17, 15) is 9.90 Å². The van der Waals surface area contributed by atoms with E-state index in [-0.39, 0.29) is 6.61 Å². The van der Waals surface area contributed by atoms with E-state index < -0.39 is 11.5 Å². The van der Waals surface area contributed by atoms with Gasteiger partial charge in [0.1, 0.15) is 6.61 Å². The predicted octanol–water partition coefficient (Wildman–Crippen LogP) is 7.49. The predicted molar refractivity (Wildman–Crippen MR) is 161 cm³/mol. The molecule has 6 nitrogen and oxygen atoms in total. The van der Waals surface area contributed by atoms with Crippen molar-refractivity contribution in [3.8, 4) is 11.5 Å². The Bertz CT molecular complexity index is 1460. The topological polar surface area (TPSA) is 80.2 Å². The first-order valence-corrected chi connectivity index (χ1v) is 13.9. The van der Waals surface area contributed by atoms with Gasteiger partial charge >= 0.3 is 0 Å². The fraction of sp³-hybridized carbons (Fsp3) is 0.103. The normalized spacial score (nSPS) is 11.4. The number of hydrazone groups is 1. The first-order chi connectivity index (χ1) is 18.8. The van der Waals surface area contributed by atoms with Crippen LogP contribution in [0.1, 0.15) is 22.3 Å². The molecule has 0 fully saturated rings. The van der Waals surface area contributed by atoms with Gasteiger partial charge in [0.25, 0.3) is 5.91 Å². The molecule has 4 aromatic rings. The second-order valence-electron chi connectivity index (χ2n) is 8.30. The van der Waals surface area contributed by atoms with Crippen LogP contribution in [0.25, 0.3) is 0 Å². The van der Waals surface area contributed by atoms with Crippen LogP contribution in [0.5, 0.6) is 11.5 Å². The van der Waals surface area contributed by atoms with Gasteiger partial charge in [-0.1, -0.05) is 89.9 Å². The summed E-state index contributed by atoms with van der Waals surface area (Å²) in [4.78, 5) is 13.3. The Kier molecular flexibility index (Phi) is 9.69. The molecule has 0 aliphatic heterocycles. The lowest BCUT2D eigenvalue weighted by Crippen LogP contribution is -2.43. The molecule has 0 atom stereocenters. The standard InChI is InChI=1S/C29H22Br2Cl2N2O4/c1-38-24-15-19(25(30)26(31)27(24)39-17-18-12-13-22(32)23(33)14-18)16-34-35-28(36)29(37,20-8-4-2-5-9-20)21-10-6-3-7-11-21/h2-16,37H,17H2,1H3,(H,35,36)/b34-16-. The summed E-state index contributed by atoms with van der Waals surface area (Å²) in [6, 6.07) is 24.3. The van der Waals surface area contributed by atoms with Gasteiger partial charge in [-0.3, -0.25) is 4.79 Å². The molecular weight excluding hydrogens is 671 g/mol. The van der Waals surface area contributed by atoms with Crippen molar-refractivity contribution in [1.82, 2.24) is 5.43 Å². The first kappa shape index (κ1) is 29.1. The number of rotatable bonds is 9. The van der Waals surface area contributed by atoms with Crippen molar-refractivity contribution < 1.29 is 19.4 Å². The molecule has 4 aromatic carbocycles. The molecule has 0 saturated carbocycles. The molecule has 0 radical (unpaired) electrons. The van der Waals surface area contributed by atoms with Gasteiger partial charge in [0.05, 0.1) is 27.8 Å². The van der Waals surface area contributed by atoms with Gasteiger partial charge in [-0.15, -0.1) is 0 Å². The van der Waals surface area contributed by atoms with Gasteiger partial charge in [-0.2, -0.15) is 5.10 Å². The van der Waals surface area contributed by atoms with E-state index in [2.05, 4.69) is 42.4 Å². The minimum Gasteiger partial charge on any atom is -0.493 e. The van der Waals surface area contributed by atoms with Crippen LogP contribution in [0, 0.1) is 0 Å². The minimum absolute atomic E-state index is 0.222. The Morgan fingerprint density at radius 3 is 2.13 bits per heavy atom. The molecule has 39 heavy (non-hydrogen) atoms. The molecule has 1 amide bonds. The number of amides is 1. The summed E-state index contributed by atoms with van der Waals surface area (Å²) < 4.78 is 12.7. The summed E-state index contributed by atoms with van der Waals surface area (Å²) in [7, 11) is 1.52. The molecule has 2 N–H and O–H groups in total. The van der Waals surface area contributed by atoms with E-state index in [0.29, 0.717) is 47.2 Å². The fourth-order valence-electron chi connectivity index (χ4n) is 3.80. The summed E-state index contributed by atoms with van der Waals surface area (Å²) in [5.41, 5.74) is 2.77. The van der Waals surface area contributed by atoms with Crippen molar-refractivity contribution in [1.29, 1.82) is 0 Å². The number of hydrogen-bond donors (Lipinski definition) is 2. The van der Waals surface area contributed by atoms with Crippen LogP contribution in [-0.4, -0.2) is 24.3 Å². The van der Waals surface area contributed by atoms with Crippen LogP contribution in [0.2, 0.25) is 10.0 Å². The van der Waals surface area contributed by atoms with E-state index in [1.807, 2.05) is 18.2 Å². The number of nitrogens with zero attached hydrogens (tertiary/aromatic N) is 1. The summed E-state index contributed by atoms with van der Waals surface area (Å²) in [5, 5.41) is 16.6. The largest absolute Gasteiger partial charge is 0.493 e. The Morgan fingerprint density at radius 1 is 0.949 bits per heavy atom. The summed E-state index contributed by atoms with van der Waals surface area (Å²) in [5.74, 6) is 0.182. The second kappa shape index (κ2) is 13.0. The molecule has 0 aromatic heterocycles. The number of halogens is 4. The van der Waals surface area contributed by atoms with E-state index >= 15 is 0 Å². The van der Waals surface area contributed by atoms with E-state index in [1.54, 1.807) is 66.7 Å². The average Bonchev–Trinajstić information content (AvgIpc) is 2.96. The van der Waals surface area contributed by atoms with Crippen LogP contribution >= 0.6 is 55.1 Å². The zero-order valence-corrected chi connectivity index (χ0v) is 25.2. The lowest BCUT2D eigenvalue weighted by atomic mass is 9.85.